The van der Waals surface area contributed by atoms with Crippen LogP contribution in [0.4, 0.5) is 5.95 Å². The van der Waals surface area contributed by atoms with Crippen molar-refractivity contribution >= 4 is 17.1 Å². The molecule has 0 saturated heterocycles. The van der Waals surface area contributed by atoms with Crippen LogP contribution in [0.25, 0.3) is 11.2 Å². The Hall–Kier alpha value is -1.65. The molecular formula is C13H17N5. The molecule has 94 valence electrons. The predicted octanol–water partition coefficient (Wildman–Crippen LogP) is 2.58. The molecule has 18 heavy (non-hydrogen) atoms. The third kappa shape index (κ3) is 1.83. The summed E-state index contributed by atoms with van der Waals surface area (Å²) in [4.78, 5) is 16.8. The van der Waals surface area contributed by atoms with E-state index in [1.807, 2.05) is 6.20 Å². The maximum atomic E-state index is 4.56. The average molecular weight is 243 g/mol. The molecule has 2 heterocycles. The second kappa shape index (κ2) is 3.93. The van der Waals surface area contributed by atoms with Crippen LogP contribution in [-0.2, 0) is 0 Å². The van der Waals surface area contributed by atoms with Crippen molar-refractivity contribution in [2.75, 3.05) is 5.32 Å². The lowest BCUT2D eigenvalue weighted by Gasteiger charge is -2.10. The quantitative estimate of drug-likeness (QED) is 0.869. The number of rotatable bonds is 3. The van der Waals surface area contributed by atoms with E-state index < -0.39 is 0 Å². The summed E-state index contributed by atoms with van der Waals surface area (Å²) in [6.45, 7) is 0. The first kappa shape index (κ1) is 10.3. The fourth-order valence-corrected chi connectivity index (χ4v) is 2.70. The molecule has 0 atom stereocenters. The van der Waals surface area contributed by atoms with Crippen molar-refractivity contribution in [2.45, 2.75) is 50.5 Å². The largest absolute Gasteiger partial charge is 0.351 e. The van der Waals surface area contributed by atoms with Gasteiger partial charge in [0.15, 0.2) is 5.65 Å². The van der Waals surface area contributed by atoms with Crippen LogP contribution in [0.1, 0.15) is 50.3 Å². The highest BCUT2D eigenvalue weighted by atomic mass is 15.1. The van der Waals surface area contributed by atoms with Crippen LogP contribution in [0.15, 0.2) is 6.20 Å². The summed E-state index contributed by atoms with van der Waals surface area (Å²) in [6.07, 6.45) is 9.44. The summed E-state index contributed by atoms with van der Waals surface area (Å²) < 4.78 is 0. The molecule has 0 spiro atoms. The molecule has 2 fully saturated rings. The van der Waals surface area contributed by atoms with E-state index in [4.69, 9.17) is 0 Å². The standard InChI is InChI=1S/C13H17N5/c1-2-4-9(3-1)15-13-14-7-10-12(18-13)17-11(16-10)8-5-6-8/h7-9H,1-6H2,(H2,14,15,16,17,18). The lowest BCUT2D eigenvalue weighted by atomic mass is 10.2. The first-order valence-corrected chi connectivity index (χ1v) is 6.88. The topological polar surface area (TPSA) is 66.5 Å². The zero-order valence-corrected chi connectivity index (χ0v) is 10.3. The first-order chi connectivity index (χ1) is 8.88. The zero-order chi connectivity index (χ0) is 11.9. The highest BCUT2D eigenvalue weighted by Crippen LogP contribution is 2.38. The van der Waals surface area contributed by atoms with E-state index in [2.05, 4.69) is 25.3 Å². The van der Waals surface area contributed by atoms with Crippen molar-refractivity contribution in [3.05, 3.63) is 12.0 Å². The van der Waals surface area contributed by atoms with E-state index in [-0.39, 0.29) is 0 Å². The third-order valence-corrected chi connectivity index (χ3v) is 3.91. The molecule has 5 nitrogen and oxygen atoms in total. The lowest BCUT2D eigenvalue weighted by Crippen LogP contribution is -2.16. The number of hydrogen-bond donors (Lipinski definition) is 2. The van der Waals surface area contributed by atoms with Gasteiger partial charge in [0, 0.05) is 12.0 Å². The number of anilines is 1. The number of hydrogen-bond acceptors (Lipinski definition) is 4. The Kier molecular flexibility index (Phi) is 2.25. The Morgan fingerprint density at radius 2 is 1.94 bits per heavy atom. The van der Waals surface area contributed by atoms with E-state index in [0.29, 0.717) is 12.0 Å². The highest BCUT2D eigenvalue weighted by molar-refractivity contribution is 5.71. The summed E-state index contributed by atoms with van der Waals surface area (Å²) >= 11 is 0. The summed E-state index contributed by atoms with van der Waals surface area (Å²) in [7, 11) is 0. The molecule has 5 heteroatoms. The molecule has 0 aromatic carbocycles. The highest BCUT2D eigenvalue weighted by Gasteiger charge is 2.27. The number of fused-ring (bicyclic) bond motifs is 1. The van der Waals surface area contributed by atoms with Crippen LogP contribution < -0.4 is 5.32 Å². The summed E-state index contributed by atoms with van der Waals surface area (Å²) in [5, 5.41) is 3.41. The fraction of sp³-hybridized carbons (Fsp3) is 0.615. The maximum Gasteiger partial charge on any atom is 0.225 e. The molecule has 0 aliphatic heterocycles. The van der Waals surface area contributed by atoms with Gasteiger partial charge in [-0.2, -0.15) is 4.98 Å². The van der Waals surface area contributed by atoms with Gasteiger partial charge in [-0.3, -0.25) is 0 Å². The average Bonchev–Trinajstić information content (AvgIpc) is 2.95. The molecule has 2 aliphatic rings. The van der Waals surface area contributed by atoms with Crippen LogP contribution in [0.2, 0.25) is 0 Å². The monoisotopic (exact) mass is 243 g/mol. The minimum absolute atomic E-state index is 0.546. The minimum atomic E-state index is 0.546. The van der Waals surface area contributed by atoms with Gasteiger partial charge in [-0.1, -0.05) is 12.8 Å². The summed E-state index contributed by atoms with van der Waals surface area (Å²) in [5.41, 5.74) is 1.75. The smallest absolute Gasteiger partial charge is 0.225 e. The second-order valence-corrected chi connectivity index (χ2v) is 5.45. The Labute approximate surface area is 105 Å². The number of aromatic amines is 1. The van der Waals surface area contributed by atoms with E-state index in [0.717, 1.165) is 22.9 Å². The van der Waals surface area contributed by atoms with Gasteiger partial charge >= 0.3 is 0 Å². The van der Waals surface area contributed by atoms with Crippen LogP contribution in [0.3, 0.4) is 0 Å². The molecule has 2 aliphatic carbocycles. The molecule has 2 saturated carbocycles. The van der Waals surface area contributed by atoms with Crippen LogP contribution in [-0.4, -0.2) is 26.0 Å². The van der Waals surface area contributed by atoms with E-state index in [1.54, 1.807) is 0 Å². The number of aromatic nitrogens is 4. The summed E-state index contributed by atoms with van der Waals surface area (Å²) in [5.74, 6) is 2.44. The van der Waals surface area contributed by atoms with Crippen molar-refractivity contribution in [3.63, 3.8) is 0 Å². The summed E-state index contributed by atoms with van der Waals surface area (Å²) in [6, 6.07) is 0.546. The van der Waals surface area contributed by atoms with E-state index >= 15 is 0 Å². The molecule has 0 unspecified atom stereocenters. The van der Waals surface area contributed by atoms with Gasteiger partial charge in [0.2, 0.25) is 5.95 Å². The maximum absolute atomic E-state index is 4.56. The van der Waals surface area contributed by atoms with Gasteiger partial charge in [0.25, 0.3) is 0 Å². The first-order valence-electron chi connectivity index (χ1n) is 6.88. The predicted molar refractivity (Wildman–Crippen MR) is 69.5 cm³/mol. The van der Waals surface area contributed by atoms with E-state index in [9.17, 15) is 0 Å². The number of nitrogens with one attached hydrogen (secondary N) is 2. The molecule has 2 aromatic rings. The van der Waals surface area contributed by atoms with Gasteiger partial charge in [0.05, 0.1) is 6.20 Å². The molecule has 2 aromatic heterocycles. The van der Waals surface area contributed by atoms with Crippen molar-refractivity contribution in [2.24, 2.45) is 0 Å². The fourth-order valence-electron chi connectivity index (χ4n) is 2.70. The van der Waals surface area contributed by atoms with Crippen LogP contribution in [0, 0.1) is 0 Å². The third-order valence-electron chi connectivity index (χ3n) is 3.91. The number of nitrogens with zero attached hydrogens (tertiary/aromatic N) is 3. The van der Waals surface area contributed by atoms with Gasteiger partial charge in [-0.15, -0.1) is 0 Å². The van der Waals surface area contributed by atoms with Crippen molar-refractivity contribution in [1.29, 1.82) is 0 Å². The Balaban J connectivity index is 1.61. The van der Waals surface area contributed by atoms with Gasteiger partial charge < -0.3 is 10.3 Å². The van der Waals surface area contributed by atoms with E-state index in [1.165, 1.54) is 38.5 Å². The Bertz CT molecular complexity index is 566. The minimum Gasteiger partial charge on any atom is -0.351 e. The molecule has 0 amide bonds. The lowest BCUT2D eigenvalue weighted by molar-refractivity contribution is 0.745. The van der Waals surface area contributed by atoms with Gasteiger partial charge in [-0.25, -0.2) is 9.97 Å². The molecule has 0 bridgehead atoms. The number of H-pyrrole nitrogens is 1. The normalized spacial score (nSPS) is 20.7. The van der Waals surface area contributed by atoms with Crippen molar-refractivity contribution < 1.29 is 0 Å². The Morgan fingerprint density at radius 3 is 2.72 bits per heavy atom. The molecule has 4 rings (SSSR count). The molecule has 0 radical (unpaired) electrons. The van der Waals surface area contributed by atoms with Gasteiger partial charge in [-0.05, 0) is 25.7 Å². The SMILES string of the molecule is c1nc(NC2CCCC2)nc2nc(C3CC3)[nH]c12. The molecular weight excluding hydrogens is 226 g/mol. The van der Waals surface area contributed by atoms with Gasteiger partial charge in [0.1, 0.15) is 11.3 Å². The van der Waals surface area contributed by atoms with Crippen LogP contribution >= 0.6 is 0 Å². The van der Waals surface area contributed by atoms with Crippen molar-refractivity contribution in [1.82, 2.24) is 19.9 Å². The van der Waals surface area contributed by atoms with Crippen molar-refractivity contribution in [3.8, 4) is 0 Å². The van der Waals surface area contributed by atoms with Crippen LogP contribution in [0.5, 0.6) is 0 Å². The zero-order valence-electron chi connectivity index (χ0n) is 10.3. The number of imidazole rings is 1. The molecule has 2 N–H and O–H groups in total. The second-order valence-electron chi connectivity index (χ2n) is 5.45. The Morgan fingerprint density at radius 1 is 1.11 bits per heavy atom.